The van der Waals surface area contributed by atoms with Crippen molar-refractivity contribution in [1.82, 2.24) is 29.9 Å². The molecule has 8 nitrogen and oxygen atoms in total. The first-order chi connectivity index (χ1) is 12.6. The van der Waals surface area contributed by atoms with Crippen molar-refractivity contribution in [3.8, 4) is 0 Å². The summed E-state index contributed by atoms with van der Waals surface area (Å²) in [4.78, 5) is 28.1. The van der Waals surface area contributed by atoms with Crippen LogP contribution in [0.2, 0.25) is 0 Å². The number of carbonyl (C=O) groups is 2. The Kier molecular flexibility index (Phi) is 6.11. The molecule has 0 spiro atoms. The molecular formula is C18H30N6O2. The van der Waals surface area contributed by atoms with Gasteiger partial charge in [-0.05, 0) is 25.7 Å². The van der Waals surface area contributed by atoms with Gasteiger partial charge in [0.15, 0.2) is 5.82 Å². The van der Waals surface area contributed by atoms with Crippen LogP contribution >= 0.6 is 0 Å². The first-order valence-electron chi connectivity index (χ1n) is 9.68. The highest BCUT2D eigenvalue weighted by Crippen LogP contribution is 2.28. The van der Waals surface area contributed by atoms with E-state index in [1.807, 2.05) is 0 Å². The molecule has 0 unspecified atom stereocenters. The number of amides is 3. The molecule has 1 saturated carbocycles. The normalized spacial score (nSPS) is 21.5. The topological polar surface area (TPSA) is 83.4 Å². The second-order valence-corrected chi connectivity index (χ2v) is 7.63. The molecule has 1 aromatic heterocycles. The molecule has 2 fully saturated rings. The number of carbonyl (C=O) groups excluding carboxylic acids is 2. The molecule has 1 N–H and O–H groups in total. The van der Waals surface area contributed by atoms with Gasteiger partial charge in [-0.25, -0.2) is 4.79 Å². The van der Waals surface area contributed by atoms with Gasteiger partial charge in [0.05, 0.1) is 12.5 Å². The SMILES string of the molecule is CN(C)C(=O)N1CCC[C@H](C(=O)NCc2nncn2C2CCCCC2)C1. The standard InChI is InChI=1S/C18H30N6O2/c1-22(2)18(26)23-10-6-7-14(12-23)17(25)19-11-16-21-20-13-24(16)15-8-4-3-5-9-15/h13-15H,3-12H2,1-2H3,(H,19,25)/t14-/m0/s1. The third-order valence-corrected chi connectivity index (χ3v) is 5.48. The van der Waals surface area contributed by atoms with Crippen LogP contribution in [0, 0.1) is 5.92 Å². The van der Waals surface area contributed by atoms with Gasteiger partial charge in [-0.3, -0.25) is 4.79 Å². The van der Waals surface area contributed by atoms with E-state index in [2.05, 4.69) is 20.1 Å². The van der Waals surface area contributed by atoms with Gasteiger partial charge in [0.25, 0.3) is 0 Å². The molecule has 0 radical (unpaired) electrons. The van der Waals surface area contributed by atoms with Crippen LogP contribution in [0.5, 0.6) is 0 Å². The van der Waals surface area contributed by atoms with Crippen molar-refractivity contribution in [2.75, 3.05) is 27.2 Å². The second kappa shape index (κ2) is 8.51. The van der Waals surface area contributed by atoms with Gasteiger partial charge in [0.1, 0.15) is 6.33 Å². The Bertz CT molecular complexity index is 623. The van der Waals surface area contributed by atoms with Crippen molar-refractivity contribution in [1.29, 1.82) is 0 Å². The number of hydrogen-bond donors (Lipinski definition) is 1. The quantitative estimate of drug-likeness (QED) is 0.885. The van der Waals surface area contributed by atoms with Gasteiger partial charge in [-0.15, -0.1) is 10.2 Å². The molecule has 8 heteroatoms. The molecule has 3 amide bonds. The molecule has 26 heavy (non-hydrogen) atoms. The maximum Gasteiger partial charge on any atom is 0.319 e. The monoisotopic (exact) mass is 362 g/mol. The average molecular weight is 362 g/mol. The predicted octanol–water partition coefficient (Wildman–Crippen LogP) is 1.79. The maximum atomic E-state index is 12.6. The van der Waals surface area contributed by atoms with Gasteiger partial charge in [0, 0.05) is 33.2 Å². The number of likely N-dealkylation sites (tertiary alicyclic amines) is 1. The molecule has 0 bridgehead atoms. The Labute approximate surface area is 154 Å². The van der Waals surface area contributed by atoms with E-state index in [4.69, 9.17) is 0 Å². The van der Waals surface area contributed by atoms with Gasteiger partial charge in [-0.1, -0.05) is 19.3 Å². The van der Waals surface area contributed by atoms with Gasteiger partial charge < -0.3 is 19.7 Å². The summed E-state index contributed by atoms with van der Waals surface area (Å²) in [5, 5.41) is 11.3. The van der Waals surface area contributed by atoms with E-state index in [0.717, 1.165) is 38.1 Å². The van der Waals surface area contributed by atoms with E-state index in [1.165, 1.54) is 19.3 Å². The molecule has 144 valence electrons. The van der Waals surface area contributed by atoms with E-state index in [0.29, 0.717) is 19.1 Å². The zero-order chi connectivity index (χ0) is 18.5. The smallest absolute Gasteiger partial charge is 0.319 e. The summed E-state index contributed by atoms with van der Waals surface area (Å²) in [5.41, 5.74) is 0. The molecule has 1 aromatic rings. The molecule has 0 aromatic carbocycles. The van der Waals surface area contributed by atoms with Crippen molar-refractivity contribution in [3.63, 3.8) is 0 Å². The van der Waals surface area contributed by atoms with Gasteiger partial charge >= 0.3 is 6.03 Å². The summed E-state index contributed by atoms with van der Waals surface area (Å²) in [6.45, 7) is 1.60. The fraction of sp³-hybridized carbons (Fsp3) is 0.778. The lowest BCUT2D eigenvalue weighted by atomic mass is 9.95. The third kappa shape index (κ3) is 4.34. The summed E-state index contributed by atoms with van der Waals surface area (Å²) in [6.07, 6.45) is 9.56. The number of aromatic nitrogens is 3. The van der Waals surface area contributed by atoms with E-state index in [-0.39, 0.29) is 17.9 Å². The molecule has 3 rings (SSSR count). The molecule has 1 saturated heterocycles. The number of nitrogens with one attached hydrogen (secondary N) is 1. The molecule has 2 aliphatic rings. The zero-order valence-corrected chi connectivity index (χ0v) is 15.9. The van der Waals surface area contributed by atoms with Crippen LogP contribution in [0.25, 0.3) is 0 Å². The Morgan fingerprint density at radius 1 is 1.19 bits per heavy atom. The second-order valence-electron chi connectivity index (χ2n) is 7.63. The van der Waals surface area contributed by atoms with Crippen LogP contribution in [0.15, 0.2) is 6.33 Å². The summed E-state index contributed by atoms with van der Waals surface area (Å²) < 4.78 is 2.13. The number of urea groups is 1. The summed E-state index contributed by atoms with van der Waals surface area (Å²) in [5.74, 6) is 0.667. The van der Waals surface area contributed by atoms with Crippen molar-refractivity contribution in [2.24, 2.45) is 5.92 Å². The van der Waals surface area contributed by atoms with E-state index in [9.17, 15) is 9.59 Å². The fourth-order valence-corrected chi connectivity index (χ4v) is 4.02. The Morgan fingerprint density at radius 3 is 2.69 bits per heavy atom. The lowest BCUT2D eigenvalue weighted by Crippen LogP contribution is -2.48. The number of nitrogens with zero attached hydrogens (tertiary/aromatic N) is 5. The Balaban J connectivity index is 1.54. The minimum absolute atomic E-state index is 0.000509. The number of rotatable bonds is 4. The lowest BCUT2D eigenvalue weighted by Gasteiger charge is -2.33. The fourth-order valence-electron chi connectivity index (χ4n) is 4.02. The Morgan fingerprint density at radius 2 is 1.96 bits per heavy atom. The Hall–Kier alpha value is -2.12. The van der Waals surface area contributed by atoms with Crippen LogP contribution in [-0.4, -0.2) is 63.7 Å². The zero-order valence-electron chi connectivity index (χ0n) is 15.9. The third-order valence-electron chi connectivity index (χ3n) is 5.48. The first kappa shape index (κ1) is 18.7. The largest absolute Gasteiger partial charge is 0.348 e. The highest BCUT2D eigenvalue weighted by Gasteiger charge is 2.29. The minimum atomic E-state index is -0.154. The van der Waals surface area contributed by atoms with Crippen LogP contribution < -0.4 is 5.32 Å². The van der Waals surface area contributed by atoms with Crippen molar-refractivity contribution in [3.05, 3.63) is 12.2 Å². The number of piperidine rings is 1. The van der Waals surface area contributed by atoms with Crippen molar-refractivity contribution < 1.29 is 9.59 Å². The molecule has 1 aliphatic carbocycles. The number of hydrogen-bond acceptors (Lipinski definition) is 4. The van der Waals surface area contributed by atoms with Gasteiger partial charge in [-0.2, -0.15) is 0 Å². The van der Waals surface area contributed by atoms with E-state index < -0.39 is 0 Å². The summed E-state index contributed by atoms with van der Waals surface area (Å²) in [6, 6.07) is 0.424. The average Bonchev–Trinajstić information content (AvgIpc) is 3.14. The highest BCUT2D eigenvalue weighted by atomic mass is 16.2. The van der Waals surface area contributed by atoms with E-state index in [1.54, 1.807) is 30.2 Å². The van der Waals surface area contributed by atoms with Crippen LogP contribution in [-0.2, 0) is 11.3 Å². The predicted molar refractivity (Wildman–Crippen MR) is 97.4 cm³/mol. The summed E-state index contributed by atoms with van der Waals surface area (Å²) >= 11 is 0. The lowest BCUT2D eigenvalue weighted by molar-refractivity contribution is -0.126. The minimum Gasteiger partial charge on any atom is -0.348 e. The van der Waals surface area contributed by atoms with Crippen LogP contribution in [0.4, 0.5) is 4.79 Å². The van der Waals surface area contributed by atoms with Crippen LogP contribution in [0.3, 0.4) is 0 Å². The molecule has 1 atom stereocenters. The van der Waals surface area contributed by atoms with Crippen molar-refractivity contribution in [2.45, 2.75) is 57.5 Å². The van der Waals surface area contributed by atoms with Gasteiger partial charge in [0.2, 0.25) is 5.91 Å². The summed E-state index contributed by atoms with van der Waals surface area (Å²) in [7, 11) is 3.48. The maximum absolute atomic E-state index is 12.6. The molecular weight excluding hydrogens is 332 g/mol. The van der Waals surface area contributed by atoms with Crippen molar-refractivity contribution >= 4 is 11.9 Å². The van der Waals surface area contributed by atoms with E-state index >= 15 is 0 Å². The highest BCUT2D eigenvalue weighted by molar-refractivity contribution is 5.80. The van der Waals surface area contributed by atoms with Crippen LogP contribution in [0.1, 0.15) is 56.8 Å². The first-order valence-corrected chi connectivity index (χ1v) is 9.68. The molecule has 1 aliphatic heterocycles. The molecule has 2 heterocycles.